The number of carbonyl (C=O) groups excluding carboxylic acids is 2. The molecule has 0 amide bonds. The number of esters is 1. The first-order valence-electron chi connectivity index (χ1n) is 7.10. The van der Waals surface area contributed by atoms with Gasteiger partial charge in [0.1, 0.15) is 12.4 Å². The van der Waals surface area contributed by atoms with Crippen molar-refractivity contribution in [3.8, 4) is 0 Å². The summed E-state index contributed by atoms with van der Waals surface area (Å²) in [7, 11) is 0. The van der Waals surface area contributed by atoms with Gasteiger partial charge in [-0.3, -0.25) is 9.59 Å². The van der Waals surface area contributed by atoms with E-state index < -0.39 is 35.5 Å². The van der Waals surface area contributed by atoms with Crippen LogP contribution in [0.1, 0.15) is 24.8 Å². The molecule has 0 saturated heterocycles. The lowest BCUT2D eigenvalue weighted by molar-refractivity contribution is -0.145. The summed E-state index contributed by atoms with van der Waals surface area (Å²) in [4.78, 5) is 23.0. The highest BCUT2D eigenvalue weighted by Gasteiger charge is 2.46. The van der Waals surface area contributed by atoms with Gasteiger partial charge in [0.05, 0.1) is 0 Å². The van der Waals surface area contributed by atoms with Gasteiger partial charge >= 0.3 is 5.97 Å². The summed E-state index contributed by atoms with van der Waals surface area (Å²) in [5, 5.41) is 0. The average Bonchev–Trinajstić information content (AvgIpc) is 2.56. The molecule has 0 saturated carbocycles. The van der Waals surface area contributed by atoms with E-state index in [0.717, 1.165) is 5.56 Å². The average molecular weight is 324 g/mol. The highest BCUT2D eigenvalue weighted by Crippen LogP contribution is 2.36. The maximum Gasteiger partial charge on any atom is 0.306 e. The topological polar surface area (TPSA) is 43.4 Å². The van der Waals surface area contributed by atoms with Crippen molar-refractivity contribution in [2.24, 2.45) is 0 Å². The Balaban J connectivity index is 1.80. The Bertz CT molecular complexity index is 648. The summed E-state index contributed by atoms with van der Waals surface area (Å²) in [6, 6.07) is 8.96. The third kappa shape index (κ3) is 4.09. The molecule has 0 radical (unpaired) electrons. The van der Waals surface area contributed by atoms with Gasteiger partial charge in [-0.15, -0.1) is 0 Å². The first kappa shape index (κ1) is 17.0. The second kappa shape index (κ2) is 7.26. The van der Waals surface area contributed by atoms with Crippen molar-refractivity contribution in [2.75, 3.05) is 0 Å². The van der Waals surface area contributed by atoms with Gasteiger partial charge in [0.2, 0.25) is 11.5 Å². The summed E-state index contributed by atoms with van der Waals surface area (Å²) in [6.07, 6.45) is 0.235. The maximum atomic E-state index is 14.3. The number of Topliss-reactive ketones (excluding diaryl/α,β-unsaturated/α-hetero) is 1. The van der Waals surface area contributed by atoms with E-state index >= 15 is 0 Å². The maximum absolute atomic E-state index is 14.3. The number of allylic oxidation sites excluding steroid dienone is 4. The standard InChI is InChI=1S/C17H15F3O3/c18-13-8-9-14(19)17(20,16(13)22)10-4-7-15(21)23-11-12-5-2-1-3-6-12/h1-3,5-6,8-9H,4,7,10-11H2. The summed E-state index contributed by atoms with van der Waals surface area (Å²) < 4.78 is 45.9. The fourth-order valence-electron chi connectivity index (χ4n) is 2.17. The lowest BCUT2D eigenvalue weighted by Crippen LogP contribution is -2.37. The zero-order valence-electron chi connectivity index (χ0n) is 12.2. The number of hydrogen-bond donors (Lipinski definition) is 0. The molecule has 122 valence electrons. The fourth-order valence-corrected chi connectivity index (χ4v) is 2.17. The van der Waals surface area contributed by atoms with Gasteiger partial charge in [-0.25, -0.2) is 13.2 Å². The molecular weight excluding hydrogens is 309 g/mol. The zero-order chi connectivity index (χ0) is 16.9. The lowest BCUT2D eigenvalue weighted by Gasteiger charge is -2.23. The van der Waals surface area contributed by atoms with Crippen LogP contribution < -0.4 is 0 Å². The van der Waals surface area contributed by atoms with Crippen molar-refractivity contribution in [3.05, 3.63) is 59.7 Å². The van der Waals surface area contributed by atoms with Crippen molar-refractivity contribution >= 4 is 11.8 Å². The van der Waals surface area contributed by atoms with Crippen LogP contribution in [0.2, 0.25) is 0 Å². The first-order valence-corrected chi connectivity index (χ1v) is 7.10. The van der Waals surface area contributed by atoms with E-state index in [1.54, 1.807) is 24.3 Å². The highest BCUT2D eigenvalue weighted by molar-refractivity contribution is 6.03. The molecule has 23 heavy (non-hydrogen) atoms. The van der Waals surface area contributed by atoms with Crippen LogP contribution in [0.4, 0.5) is 13.2 Å². The molecule has 0 aromatic heterocycles. The molecule has 0 heterocycles. The second-order valence-corrected chi connectivity index (χ2v) is 5.16. The van der Waals surface area contributed by atoms with Crippen LogP contribution in [0.15, 0.2) is 54.1 Å². The monoisotopic (exact) mass is 324 g/mol. The van der Waals surface area contributed by atoms with Crippen LogP contribution in [0.3, 0.4) is 0 Å². The van der Waals surface area contributed by atoms with Gasteiger partial charge in [0, 0.05) is 6.42 Å². The molecule has 0 spiro atoms. The van der Waals surface area contributed by atoms with Crippen LogP contribution in [0.5, 0.6) is 0 Å². The van der Waals surface area contributed by atoms with Crippen molar-refractivity contribution < 1.29 is 27.5 Å². The molecule has 1 aromatic rings. The molecule has 0 bridgehead atoms. The molecule has 2 rings (SSSR count). The number of alkyl halides is 1. The summed E-state index contributed by atoms with van der Waals surface area (Å²) in [5.74, 6) is -4.82. The largest absolute Gasteiger partial charge is 0.461 e. The van der Waals surface area contributed by atoms with Crippen molar-refractivity contribution in [3.63, 3.8) is 0 Å². The Hall–Kier alpha value is -2.37. The van der Waals surface area contributed by atoms with E-state index in [4.69, 9.17) is 4.74 Å². The predicted octanol–water partition coefficient (Wildman–Crippen LogP) is 3.90. The van der Waals surface area contributed by atoms with E-state index in [-0.39, 0.29) is 19.4 Å². The number of hydrogen-bond acceptors (Lipinski definition) is 3. The Labute approximate surface area is 131 Å². The number of halogens is 3. The number of rotatable bonds is 6. The first-order chi connectivity index (χ1) is 10.9. The molecule has 0 aliphatic heterocycles. The van der Waals surface area contributed by atoms with Crippen molar-refractivity contribution in [2.45, 2.75) is 31.5 Å². The van der Waals surface area contributed by atoms with Gasteiger partial charge in [0.25, 0.3) is 0 Å². The molecule has 6 heteroatoms. The van der Waals surface area contributed by atoms with Crippen LogP contribution in [-0.2, 0) is 20.9 Å². The van der Waals surface area contributed by atoms with Crippen LogP contribution in [0, 0.1) is 0 Å². The minimum Gasteiger partial charge on any atom is -0.461 e. The lowest BCUT2D eigenvalue weighted by atomic mass is 9.88. The second-order valence-electron chi connectivity index (χ2n) is 5.16. The third-order valence-electron chi connectivity index (χ3n) is 3.48. The Kier molecular flexibility index (Phi) is 5.36. The molecule has 1 unspecified atom stereocenters. The van der Waals surface area contributed by atoms with E-state index in [2.05, 4.69) is 0 Å². The number of ketones is 1. The van der Waals surface area contributed by atoms with E-state index in [1.807, 2.05) is 6.07 Å². The zero-order valence-corrected chi connectivity index (χ0v) is 12.2. The highest BCUT2D eigenvalue weighted by atomic mass is 19.2. The molecule has 1 aromatic carbocycles. The molecular formula is C17H15F3O3. The SMILES string of the molecule is O=C(CCCC1(F)C(=O)C(F)=CC=C1F)OCc1ccccc1. The summed E-state index contributed by atoms with van der Waals surface area (Å²) in [6.45, 7) is 0.0744. The third-order valence-corrected chi connectivity index (χ3v) is 3.48. The normalized spacial score (nSPS) is 20.7. The van der Waals surface area contributed by atoms with E-state index in [0.29, 0.717) is 12.2 Å². The van der Waals surface area contributed by atoms with Gasteiger partial charge in [0.15, 0.2) is 5.83 Å². The van der Waals surface area contributed by atoms with Gasteiger partial charge < -0.3 is 4.74 Å². The Morgan fingerprint density at radius 2 is 1.83 bits per heavy atom. The van der Waals surface area contributed by atoms with E-state index in [1.165, 1.54) is 0 Å². The molecule has 0 N–H and O–H groups in total. The van der Waals surface area contributed by atoms with Gasteiger partial charge in [-0.2, -0.15) is 0 Å². The van der Waals surface area contributed by atoms with Crippen LogP contribution >= 0.6 is 0 Å². The minimum atomic E-state index is -3.03. The number of benzene rings is 1. The minimum absolute atomic E-state index is 0.0744. The van der Waals surface area contributed by atoms with Crippen molar-refractivity contribution in [1.82, 2.24) is 0 Å². The Morgan fingerprint density at radius 1 is 1.13 bits per heavy atom. The number of carbonyl (C=O) groups is 2. The van der Waals surface area contributed by atoms with Gasteiger partial charge in [-0.05, 0) is 30.6 Å². The quantitative estimate of drug-likeness (QED) is 0.746. The van der Waals surface area contributed by atoms with Crippen LogP contribution in [-0.4, -0.2) is 17.4 Å². The predicted molar refractivity (Wildman–Crippen MR) is 77.3 cm³/mol. The smallest absolute Gasteiger partial charge is 0.306 e. The van der Waals surface area contributed by atoms with E-state index in [9.17, 15) is 22.8 Å². The molecule has 0 fully saturated rings. The van der Waals surface area contributed by atoms with Crippen molar-refractivity contribution in [1.29, 1.82) is 0 Å². The molecule has 1 aliphatic rings. The van der Waals surface area contributed by atoms with Crippen LogP contribution in [0.25, 0.3) is 0 Å². The summed E-state index contributed by atoms with van der Waals surface area (Å²) >= 11 is 0. The molecule has 1 atom stereocenters. The molecule has 3 nitrogen and oxygen atoms in total. The number of ether oxygens (including phenoxy) is 1. The van der Waals surface area contributed by atoms with Gasteiger partial charge in [-0.1, -0.05) is 30.3 Å². The fraction of sp³-hybridized carbons (Fsp3) is 0.294. The Morgan fingerprint density at radius 3 is 2.52 bits per heavy atom. The summed E-state index contributed by atoms with van der Waals surface area (Å²) in [5.41, 5.74) is -2.23. The molecule has 1 aliphatic carbocycles.